The van der Waals surface area contributed by atoms with Gasteiger partial charge >= 0.3 is 0 Å². The van der Waals surface area contributed by atoms with Crippen molar-refractivity contribution < 1.29 is 4.74 Å². The second kappa shape index (κ2) is 6.42. The summed E-state index contributed by atoms with van der Waals surface area (Å²) in [7, 11) is 1.78. The number of likely N-dealkylation sites (tertiary alicyclic amines) is 1. The van der Waals surface area contributed by atoms with Crippen molar-refractivity contribution in [1.82, 2.24) is 20.1 Å². The third-order valence-corrected chi connectivity index (χ3v) is 4.63. The van der Waals surface area contributed by atoms with E-state index < -0.39 is 0 Å². The highest BCUT2D eigenvalue weighted by atomic mass is 16.5. The number of hydrogen-bond donors (Lipinski definition) is 1. The molecule has 3 rings (SSSR count). The number of aromatic nitrogens is 3. The number of ether oxygens (including phenoxy) is 1. The second-order valence-corrected chi connectivity index (χ2v) is 7.36. The quantitative estimate of drug-likeness (QED) is 0.942. The van der Waals surface area contributed by atoms with Crippen LogP contribution in [0.3, 0.4) is 0 Å². The van der Waals surface area contributed by atoms with Crippen LogP contribution in [0.15, 0.2) is 30.6 Å². The van der Waals surface area contributed by atoms with E-state index in [1.54, 1.807) is 13.4 Å². The van der Waals surface area contributed by atoms with Crippen molar-refractivity contribution in [2.45, 2.75) is 51.3 Å². The molecule has 23 heavy (non-hydrogen) atoms. The molecule has 0 radical (unpaired) electrons. The van der Waals surface area contributed by atoms with E-state index in [4.69, 9.17) is 4.74 Å². The topological polar surface area (TPSA) is 54.0 Å². The molecule has 1 aliphatic rings. The van der Waals surface area contributed by atoms with Crippen molar-refractivity contribution in [2.75, 3.05) is 13.7 Å². The van der Waals surface area contributed by atoms with Gasteiger partial charge < -0.3 is 4.74 Å². The molecule has 1 N–H and O–H groups in total. The Labute approximate surface area is 138 Å². The summed E-state index contributed by atoms with van der Waals surface area (Å²) in [6.07, 6.45) is 2.77. The van der Waals surface area contributed by atoms with Crippen molar-refractivity contribution in [3.63, 3.8) is 0 Å². The van der Waals surface area contributed by atoms with Gasteiger partial charge in [0.2, 0.25) is 0 Å². The minimum atomic E-state index is 0.167. The fourth-order valence-electron chi connectivity index (χ4n) is 3.24. The third kappa shape index (κ3) is 3.62. The average Bonchev–Trinajstić information content (AvgIpc) is 3.15. The highest BCUT2D eigenvalue weighted by molar-refractivity contribution is 5.28. The van der Waals surface area contributed by atoms with Crippen molar-refractivity contribution >= 4 is 0 Å². The number of H-pyrrole nitrogens is 1. The van der Waals surface area contributed by atoms with Crippen molar-refractivity contribution in [2.24, 2.45) is 0 Å². The zero-order valence-electron chi connectivity index (χ0n) is 14.4. The largest absolute Gasteiger partial charge is 0.380 e. The average molecular weight is 314 g/mol. The van der Waals surface area contributed by atoms with Gasteiger partial charge in [-0.05, 0) is 23.0 Å². The molecule has 5 nitrogen and oxygen atoms in total. The van der Waals surface area contributed by atoms with E-state index in [9.17, 15) is 0 Å². The lowest BCUT2D eigenvalue weighted by Crippen LogP contribution is -2.25. The molecule has 2 atom stereocenters. The minimum Gasteiger partial charge on any atom is -0.380 e. The molecule has 1 aliphatic heterocycles. The first-order chi connectivity index (χ1) is 11.0. The molecule has 5 heteroatoms. The van der Waals surface area contributed by atoms with Crippen LogP contribution in [0.5, 0.6) is 0 Å². The Morgan fingerprint density at radius 1 is 1.35 bits per heavy atom. The highest BCUT2D eigenvalue weighted by Gasteiger charge is 2.34. The summed E-state index contributed by atoms with van der Waals surface area (Å²) < 4.78 is 5.58. The Morgan fingerprint density at radius 2 is 2.17 bits per heavy atom. The second-order valence-electron chi connectivity index (χ2n) is 7.36. The van der Waals surface area contributed by atoms with Gasteiger partial charge in [0.25, 0.3) is 0 Å². The molecular formula is C18H26N4O. The SMILES string of the molecule is CO[C@@H]1C[C@@H](c2ncn[nH]2)N(Cc2cccc(C(C)(C)C)c2)C1. The number of nitrogens with zero attached hydrogens (tertiary/aromatic N) is 3. The predicted octanol–water partition coefficient (Wildman–Crippen LogP) is 3.06. The van der Waals surface area contributed by atoms with Gasteiger partial charge in [-0.15, -0.1) is 0 Å². The Balaban J connectivity index is 1.80. The summed E-state index contributed by atoms with van der Waals surface area (Å²) in [4.78, 5) is 6.78. The maximum Gasteiger partial charge on any atom is 0.141 e. The minimum absolute atomic E-state index is 0.167. The molecule has 1 aromatic heterocycles. The van der Waals surface area contributed by atoms with E-state index in [2.05, 4.69) is 65.1 Å². The van der Waals surface area contributed by atoms with Crippen molar-refractivity contribution in [3.05, 3.63) is 47.5 Å². The van der Waals surface area contributed by atoms with Gasteiger partial charge in [-0.1, -0.05) is 45.0 Å². The molecule has 1 fully saturated rings. The predicted molar refractivity (Wildman–Crippen MR) is 90.1 cm³/mol. The van der Waals surface area contributed by atoms with Crippen LogP contribution in [0.1, 0.15) is 50.2 Å². The van der Waals surface area contributed by atoms with Gasteiger partial charge in [0.05, 0.1) is 12.1 Å². The van der Waals surface area contributed by atoms with Crippen LogP contribution in [-0.4, -0.2) is 39.8 Å². The molecule has 1 saturated heterocycles. The Hall–Kier alpha value is -1.72. The number of benzene rings is 1. The van der Waals surface area contributed by atoms with E-state index in [1.807, 2.05) is 0 Å². The third-order valence-electron chi connectivity index (χ3n) is 4.63. The van der Waals surface area contributed by atoms with Crippen LogP contribution in [0.25, 0.3) is 0 Å². The lowest BCUT2D eigenvalue weighted by molar-refractivity contribution is 0.107. The number of methoxy groups -OCH3 is 1. The molecule has 0 saturated carbocycles. The van der Waals surface area contributed by atoms with Gasteiger partial charge in [-0.2, -0.15) is 5.10 Å². The Morgan fingerprint density at radius 3 is 2.83 bits per heavy atom. The first kappa shape index (κ1) is 16.1. The monoisotopic (exact) mass is 314 g/mol. The van der Waals surface area contributed by atoms with Gasteiger partial charge in [0.15, 0.2) is 0 Å². The van der Waals surface area contributed by atoms with Crippen LogP contribution >= 0.6 is 0 Å². The zero-order chi connectivity index (χ0) is 16.4. The van der Waals surface area contributed by atoms with Crippen LogP contribution in [0, 0.1) is 0 Å². The first-order valence-electron chi connectivity index (χ1n) is 8.19. The fraction of sp³-hybridized carbons (Fsp3) is 0.556. The molecule has 2 aromatic rings. The van der Waals surface area contributed by atoms with Gasteiger partial charge in [-0.3, -0.25) is 10.00 Å². The van der Waals surface area contributed by atoms with Crippen LogP contribution < -0.4 is 0 Å². The number of nitrogens with one attached hydrogen (secondary N) is 1. The lowest BCUT2D eigenvalue weighted by Gasteiger charge is -2.24. The van der Waals surface area contributed by atoms with E-state index in [1.165, 1.54) is 11.1 Å². The number of aromatic amines is 1. The van der Waals surface area contributed by atoms with Gasteiger partial charge in [0, 0.05) is 20.2 Å². The molecule has 0 aliphatic carbocycles. The zero-order valence-corrected chi connectivity index (χ0v) is 14.4. The normalized spacial score (nSPS) is 22.6. The standard InChI is InChI=1S/C18H26N4O/c1-18(2,3)14-7-5-6-13(8-14)10-22-11-15(23-4)9-16(22)17-19-12-20-21-17/h5-8,12,15-16H,9-11H2,1-4H3,(H,19,20,21)/t15-,16+/m1/s1. The smallest absolute Gasteiger partial charge is 0.141 e. The number of hydrogen-bond acceptors (Lipinski definition) is 4. The van der Waals surface area contributed by atoms with E-state index in [0.717, 1.165) is 25.3 Å². The maximum atomic E-state index is 5.58. The molecule has 1 aromatic carbocycles. The molecule has 0 unspecified atom stereocenters. The van der Waals surface area contributed by atoms with Gasteiger partial charge in [-0.25, -0.2) is 4.98 Å². The van der Waals surface area contributed by atoms with E-state index in [-0.39, 0.29) is 17.6 Å². The summed E-state index contributed by atoms with van der Waals surface area (Å²) >= 11 is 0. The first-order valence-corrected chi connectivity index (χ1v) is 8.19. The van der Waals surface area contributed by atoms with E-state index in [0.29, 0.717) is 0 Å². The highest BCUT2D eigenvalue weighted by Crippen LogP contribution is 2.33. The molecule has 0 amide bonds. The summed E-state index contributed by atoms with van der Waals surface area (Å²) in [6.45, 7) is 8.57. The van der Waals surface area contributed by atoms with Crippen molar-refractivity contribution in [3.8, 4) is 0 Å². The molecule has 2 heterocycles. The van der Waals surface area contributed by atoms with Crippen LogP contribution in [-0.2, 0) is 16.7 Å². The number of rotatable bonds is 4. The van der Waals surface area contributed by atoms with E-state index >= 15 is 0 Å². The molecule has 0 spiro atoms. The fourth-order valence-corrected chi connectivity index (χ4v) is 3.24. The van der Waals surface area contributed by atoms with Crippen molar-refractivity contribution in [1.29, 1.82) is 0 Å². The maximum absolute atomic E-state index is 5.58. The molecule has 0 bridgehead atoms. The van der Waals surface area contributed by atoms with Crippen LogP contribution in [0.4, 0.5) is 0 Å². The summed E-state index contributed by atoms with van der Waals surface area (Å²) in [5, 5.41) is 7.02. The van der Waals surface area contributed by atoms with Crippen LogP contribution in [0.2, 0.25) is 0 Å². The summed E-state index contributed by atoms with van der Waals surface area (Å²) in [5.41, 5.74) is 2.87. The molecular weight excluding hydrogens is 288 g/mol. The molecule has 124 valence electrons. The van der Waals surface area contributed by atoms with Gasteiger partial charge in [0.1, 0.15) is 12.2 Å². The summed E-state index contributed by atoms with van der Waals surface area (Å²) in [6, 6.07) is 9.12. The lowest BCUT2D eigenvalue weighted by atomic mass is 9.86. The Kier molecular flexibility index (Phi) is 4.50. The summed E-state index contributed by atoms with van der Waals surface area (Å²) in [5.74, 6) is 0.927. The Bertz CT molecular complexity index is 633.